The van der Waals surface area contributed by atoms with Gasteiger partial charge in [-0.25, -0.2) is 4.79 Å². The molecule has 0 atom stereocenters. The first-order chi connectivity index (χ1) is 12.8. The Morgan fingerprint density at radius 3 is 2.30 bits per heavy atom. The van der Waals surface area contributed by atoms with Crippen molar-refractivity contribution in [3.8, 4) is 0 Å². The van der Waals surface area contributed by atoms with Crippen molar-refractivity contribution in [2.45, 2.75) is 37.8 Å². The third-order valence-corrected chi connectivity index (χ3v) is 4.81. The number of rotatable bonds is 4. The molecule has 0 amide bonds. The highest BCUT2D eigenvalue weighted by Crippen LogP contribution is 2.38. The number of carbonyl (C=O) groups excluding carboxylic acids is 1. The summed E-state index contributed by atoms with van der Waals surface area (Å²) in [4.78, 5) is 27.1. The zero-order valence-electron chi connectivity index (χ0n) is 14.1. The van der Waals surface area contributed by atoms with E-state index >= 15 is 0 Å². The molecule has 2 aromatic rings. The van der Waals surface area contributed by atoms with Gasteiger partial charge in [0.15, 0.2) is 11.5 Å². The number of Topliss-reactive ketones (excluding diaryl/α,β-unsaturated/α-hetero) is 1. The van der Waals surface area contributed by atoms with Crippen LogP contribution in [0.25, 0.3) is 0 Å². The number of aromatic nitrogens is 3. The lowest BCUT2D eigenvalue weighted by Crippen LogP contribution is -2.24. The molecular formula is C18H16F3N3O3. The summed E-state index contributed by atoms with van der Waals surface area (Å²) in [6.45, 7) is 0. The van der Waals surface area contributed by atoms with Gasteiger partial charge in [0.25, 0.3) is 0 Å². The van der Waals surface area contributed by atoms with Gasteiger partial charge in [0, 0.05) is 29.8 Å². The molecule has 0 spiro atoms. The van der Waals surface area contributed by atoms with Gasteiger partial charge in [0.05, 0.1) is 11.3 Å². The van der Waals surface area contributed by atoms with E-state index in [1.165, 1.54) is 6.07 Å². The zero-order chi connectivity index (χ0) is 19.6. The van der Waals surface area contributed by atoms with Crippen molar-refractivity contribution in [3.63, 3.8) is 0 Å². The molecule has 2 heterocycles. The van der Waals surface area contributed by atoms with E-state index in [2.05, 4.69) is 15.2 Å². The second kappa shape index (κ2) is 7.42. The molecule has 2 aromatic heterocycles. The molecule has 6 nitrogen and oxygen atoms in total. The molecule has 0 unspecified atom stereocenters. The van der Waals surface area contributed by atoms with Crippen LogP contribution < -0.4 is 0 Å². The summed E-state index contributed by atoms with van der Waals surface area (Å²) in [6, 6.07) is 3.78. The molecule has 1 fully saturated rings. The van der Waals surface area contributed by atoms with Gasteiger partial charge in [-0.15, -0.1) is 5.10 Å². The van der Waals surface area contributed by atoms with Gasteiger partial charge in [-0.2, -0.15) is 18.3 Å². The predicted octanol–water partition coefficient (Wildman–Crippen LogP) is 3.75. The molecule has 9 heteroatoms. The average molecular weight is 379 g/mol. The Balaban J connectivity index is 1.69. The second-order valence-electron chi connectivity index (χ2n) is 6.48. The molecule has 1 N–H and O–H groups in total. The van der Waals surface area contributed by atoms with E-state index in [1.54, 1.807) is 6.07 Å². The lowest BCUT2D eigenvalue weighted by atomic mass is 9.77. The number of nitrogens with zero attached hydrogens (tertiary/aromatic N) is 3. The smallest absolute Gasteiger partial charge is 0.417 e. The summed E-state index contributed by atoms with van der Waals surface area (Å²) in [5, 5.41) is 16.4. The van der Waals surface area contributed by atoms with Crippen molar-refractivity contribution in [3.05, 3.63) is 53.1 Å². The number of aromatic carboxylic acids is 1. The van der Waals surface area contributed by atoms with Crippen molar-refractivity contribution >= 4 is 11.8 Å². The van der Waals surface area contributed by atoms with Crippen LogP contribution in [0.15, 0.2) is 30.6 Å². The van der Waals surface area contributed by atoms with Crippen molar-refractivity contribution in [2.24, 2.45) is 5.92 Å². The maximum atomic E-state index is 13.1. The molecule has 3 rings (SSSR count). The lowest BCUT2D eigenvalue weighted by molar-refractivity contribution is -0.138. The highest BCUT2D eigenvalue weighted by atomic mass is 19.4. The fourth-order valence-electron chi connectivity index (χ4n) is 3.38. The van der Waals surface area contributed by atoms with Gasteiger partial charge >= 0.3 is 12.1 Å². The molecular weight excluding hydrogens is 363 g/mol. The SMILES string of the molecule is O=C(O)c1ccc(C2CCC(C(=O)c3cnccc3C(F)(F)F)CC2)nn1. The van der Waals surface area contributed by atoms with E-state index < -0.39 is 29.4 Å². The molecule has 0 radical (unpaired) electrons. The second-order valence-corrected chi connectivity index (χ2v) is 6.48. The summed E-state index contributed by atoms with van der Waals surface area (Å²) in [6.07, 6.45) is -0.607. The fraction of sp³-hybridized carbons (Fsp3) is 0.389. The van der Waals surface area contributed by atoms with E-state index in [0.29, 0.717) is 31.4 Å². The van der Waals surface area contributed by atoms with E-state index in [0.717, 1.165) is 18.5 Å². The summed E-state index contributed by atoms with van der Waals surface area (Å²) in [5.41, 5.74) is -0.874. The van der Waals surface area contributed by atoms with E-state index in [9.17, 15) is 22.8 Å². The minimum absolute atomic E-state index is 0.000352. The van der Waals surface area contributed by atoms with Gasteiger partial charge in [0.2, 0.25) is 0 Å². The molecule has 1 saturated carbocycles. The number of hydrogen-bond acceptors (Lipinski definition) is 5. The largest absolute Gasteiger partial charge is 0.476 e. The number of hydrogen-bond donors (Lipinski definition) is 1. The molecule has 0 aliphatic heterocycles. The van der Waals surface area contributed by atoms with Crippen LogP contribution in [-0.4, -0.2) is 32.0 Å². The molecule has 1 aliphatic carbocycles. The van der Waals surface area contributed by atoms with Gasteiger partial charge in [-0.05, 0) is 43.9 Å². The van der Waals surface area contributed by atoms with E-state index in [4.69, 9.17) is 5.11 Å². The summed E-state index contributed by atoms with van der Waals surface area (Å²) < 4.78 is 39.3. The van der Waals surface area contributed by atoms with Crippen LogP contribution >= 0.6 is 0 Å². The molecule has 27 heavy (non-hydrogen) atoms. The monoisotopic (exact) mass is 379 g/mol. The Labute approximate surface area is 152 Å². The van der Waals surface area contributed by atoms with Crippen molar-refractivity contribution in [1.82, 2.24) is 15.2 Å². The highest BCUT2D eigenvalue weighted by Gasteiger charge is 2.37. The Bertz CT molecular complexity index is 845. The summed E-state index contributed by atoms with van der Waals surface area (Å²) >= 11 is 0. The Kier molecular flexibility index (Phi) is 5.20. The minimum atomic E-state index is -4.60. The highest BCUT2D eigenvalue weighted by molar-refractivity contribution is 5.99. The van der Waals surface area contributed by atoms with Crippen LogP contribution in [0.4, 0.5) is 13.2 Å². The Morgan fingerprint density at radius 1 is 1.04 bits per heavy atom. The van der Waals surface area contributed by atoms with E-state index in [-0.39, 0.29) is 17.2 Å². The normalized spacial score (nSPS) is 20.3. The number of ketones is 1. The molecule has 0 saturated heterocycles. The maximum Gasteiger partial charge on any atom is 0.417 e. The van der Waals surface area contributed by atoms with Gasteiger partial charge in [-0.1, -0.05) is 0 Å². The van der Waals surface area contributed by atoms with Gasteiger partial charge in [-0.3, -0.25) is 9.78 Å². The first-order valence-electron chi connectivity index (χ1n) is 8.39. The van der Waals surface area contributed by atoms with Gasteiger partial charge in [0.1, 0.15) is 0 Å². The number of carboxylic acids is 1. The van der Waals surface area contributed by atoms with Gasteiger partial charge < -0.3 is 5.11 Å². The average Bonchev–Trinajstić information content (AvgIpc) is 2.67. The van der Waals surface area contributed by atoms with Crippen molar-refractivity contribution in [2.75, 3.05) is 0 Å². The van der Waals surface area contributed by atoms with Crippen molar-refractivity contribution in [1.29, 1.82) is 0 Å². The first-order valence-corrected chi connectivity index (χ1v) is 8.39. The molecule has 142 valence electrons. The maximum absolute atomic E-state index is 13.1. The number of halogens is 3. The minimum Gasteiger partial charge on any atom is -0.476 e. The zero-order valence-corrected chi connectivity index (χ0v) is 14.1. The van der Waals surface area contributed by atoms with E-state index in [1.807, 2.05) is 0 Å². The van der Waals surface area contributed by atoms with Crippen molar-refractivity contribution < 1.29 is 27.9 Å². The summed E-state index contributed by atoms with van der Waals surface area (Å²) in [7, 11) is 0. The lowest BCUT2D eigenvalue weighted by Gasteiger charge is -2.27. The summed E-state index contributed by atoms with van der Waals surface area (Å²) in [5.74, 6) is -2.21. The van der Waals surface area contributed by atoms with Crippen LogP contribution in [0.2, 0.25) is 0 Å². The third kappa shape index (κ3) is 4.12. The van der Waals surface area contributed by atoms with Crippen LogP contribution in [-0.2, 0) is 6.18 Å². The number of carboxylic acid groups (broad SMARTS) is 1. The number of carbonyl (C=O) groups is 2. The van der Waals surface area contributed by atoms with Crippen LogP contribution in [0.3, 0.4) is 0 Å². The number of alkyl halides is 3. The number of pyridine rings is 1. The van der Waals surface area contributed by atoms with Crippen LogP contribution in [0.1, 0.15) is 63.7 Å². The fourth-order valence-corrected chi connectivity index (χ4v) is 3.38. The quantitative estimate of drug-likeness (QED) is 0.814. The third-order valence-electron chi connectivity index (χ3n) is 4.81. The predicted molar refractivity (Wildman–Crippen MR) is 87.3 cm³/mol. The first kappa shape index (κ1) is 18.9. The topological polar surface area (TPSA) is 93.0 Å². The van der Waals surface area contributed by atoms with Crippen LogP contribution in [0, 0.1) is 5.92 Å². The Hall–Kier alpha value is -2.84. The standard InChI is InChI=1S/C18H16F3N3O3/c19-18(20,21)13-7-8-22-9-12(13)16(25)11-3-1-10(2-4-11)14-5-6-15(17(26)27)24-23-14/h5-11H,1-4H2,(H,26,27). The molecule has 0 aromatic carbocycles. The molecule has 0 bridgehead atoms. The van der Waals surface area contributed by atoms with Crippen LogP contribution in [0.5, 0.6) is 0 Å². The Morgan fingerprint density at radius 2 is 1.74 bits per heavy atom. The molecule has 1 aliphatic rings.